The first-order chi connectivity index (χ1) is 10.2. The summed E-state index contributed by atoms with van der Waals surface area (Å²) in [4.78, 5) is 34.1. The molecule has 0 aliphatic carbocycles. The molecule has 1 saturated heterocycles. The number of methoxy groups -OCH3 is 1. The van der Waals surface area contributed by atoms with Crippen molar-refractivity contribution in [1.82, 2.24) is 9.55 Å². The van der Waals surface area contributed by atoms with Gasteiger partial charge in [-0.15, -0.1) is 0 Å². The largest absolute Gasteiger partial charge is 0.387 e. The molecule has 1 aliphatic heterocycles. The van der Waals surface area contributed by atoms with Crippen molar-refractivity contribution in [3.05, 3.63) is 33.1 Å². The summed E-state index contributed by atoms with van der Waals surface area (Å²) in [5, 5.41) is 10.1. The zero-order valence-corrected chi connectivity index (χ0v) is 12.8. The minimum atomic E-state index is -3.73. The van der Waals surface area contributed by atoms with Crippen molar-refractivity contribution in [1.29, 1.82) is 0 Å². The molecule has 3 N–H and O–H groups in total. The SMILES string of the molecule is CO[C@@H]1[C@H](O)[C@@H](COP(C)(=O)O)O[C@H]1n1ccc(=O)[nH]c1=O. The molecule has 1 aliphatic rings. The molecule has 2 rings (SSSR count). The molecule has 0 amide bonds. The molecule has 10 nitrogen and oxygen atoms in total. The Morgan fingerprint density at radius 3 is 2.73 bits per heavy atom. The van der Waals surface area contributed by atoms with Crippen LogP contribution in [0.3, 0.4) is 0 Å². The van der Waals surface area contributed by atoms with Gasteiger partial charge in [0.05, 0.1) is 6.61 Å². The van der Waals surface area contributed by atoms with Crippen molar-refractivity contribution in [3.63, 3.8) is 0 Å². The smallest absolute Gasteiger partial charge is 0.330 e. The van der Waals surface area contributed by atoms with Gasteiger partial charge in [0.15, 0.2) is 6.23 Å². The van der Waals surface area contributed by atoms with E-state index in [-0.39, 0.29) is 6.61 Å². The van der Waals surface area contributed by atoms with E-state index in [2.05, 4.69) is 4.98 Å². The van der Waals surface area contributed by atoms with E-state index in [0.29, 0.717) is 0 Å². The Hall–Kier alpha value is -1.29. The number of aromatic amines is 1. The first-order valence-corrected chi connectivity index (χ1v) is 8.38. The highest BCUT2D eigenvalue weighted by Gasteiger charge is 2.46. The Bertz CT molecular complexity index is 679. The number of rotatable bonds is 5. The maximum atomic E-state index is 11.8. The number of nitrogens with one attached hydrogen (secondary N) is 1. The van der Waals surface area contributed by atoms with Gasteiger partial charge in [0, 0.05) is 26.0 Å². The van der Waals surface area contributed by atoms with Crippen LogP contribution in [0, 0.1) is 0 Å². The first-order valence-electron chi connectivity index (χ1n) is 6.35. The van der Waals surface area contributed by atoms with E-state index in [4.69, 9.17) is 18.9 Å². The van der Waals surface area contributed by atoms with E-state index in [1.54, 1.807) is 0 Å². The molecule has 0 radical (unpaired) electrons. The number of aromatic nitrogens is 2. The molecule has 1 aromatic rings. The molecule has 1 aromatic heterocycles. The normalized spacial score (nSPS) is 31.1. The van der Waals surface area contributed by atoms with E-state index in [9.17, 15) is 19.3 Å². The van der Waals surface area contributed by atoms with Gasteiger partial charge in [0.2, 0.25) is 0 Å². The first kappa shape index (κ1) is 17.1. The van der Waals surface area contributed by atoms with Crippen LogP contribution >= 0.6 is 7.60 Å². The van der Waals surface area contributed by atoms with Crippen LogP contribution in [0.25, 0.3) is 0 Å². The van der Waals surface area contributed by atoms with Crippen LogP contribution in [0.5, 0.6) is 0 Å². The zero-order valence-electron chi connectivity index (χ0n) is 11.9. The van der Waals surface area contributed by atoms with Gasteiger partial charge in [0.1, 0.15) is 18.3 Å². The number of aliphatic hydroxyl groups is 1. The van der Waals surface area contributed by atoms with E-state index in [0.717, 1.165) is 17.3 Å². The molecule has 0 saturated carbocycles. The van der Waals surface area contributed by atoms with Gasteiger partial charge in [-0.2, -0.15) is 0 Å². The number of aliphatic hydroxyl groups excluding tert-OH is 1. The molecule has 11 heteroatoms. The van der Waals surface area contributed by atoms with Gasteiger partial charge in [0.25, 0.3) is 5.56 Å². The predicted molar refractivity (Wildman–Crippen MR) is 73.7 cm³/mol. The maximum Gasteiger partial charge on any atom is 0.330 e. The summed E-state index contributed by atoms with van der Waals surface area (Å²) >= 11 is 0. The second-order valence-electron chi connectivity index (χ2n) is 4.87. The third-order valence-corrected chi connectivity index (χ3v) is 3.82. The minimum Gasteiger partial charge on any atom is -0.387 e. The quantitative estimate of drug-likeness (QED) is 0.560. The topological polar surface area (TPSA) is 140 Å². The van der Waals surface area contributed by atoms with Crippen molar-refractivity contribution in [2.75, 3.05) is 20.4 Å². The van der Waals surface area contributed by atoms with Crippen LogP contribution in [0.15, 0.2) is 21.9 Å². The Morgan fingerprint density at radius 1 is 1.50 bits per heavy atom. The van der Waals surface area contributed by atoms with Crippen LogP contribution in [-0.4, -0.2) is 58.2 Å². The van der Waals surface area contributed by atoms with E-state index in [1.165, 1.54) is 13.3 Å². The highest BCUT2D eigenvalue weighted by Crippen LogP contribution is 2.39. The molecule has 0 aromatic carbocycles. The number of hydrogen-bond donors (Lipinski definition) is 3. The second-order valence-corrected chi connectivity index (χ2v) is 6.74. The summed E-state index contributed by atoms with van der Waals surface area (Å²) < 4.78 is 27.5. The molecule has 124 valence electrons. The summed E-state index contributed by atoms with van der Waals surface area (Å²) in [6.07, 6.45) is -2.85. The molecule has 22 heavy (non-hydrogen) atoms. The molecular weight excluding hydrogens is 319 g/mol. The monoisotopic (exact) mass is 336 g/mol. The fourth-order valence-corrected chi connectivity index (χ4v) is 2.60. The van der Waals surface area contributed by atoms with Crippen LogP contribution in [0.2, 0.25) is 0 Å². The minimum absolute atomic E-state index is 0.347. The highest BCUT2D eigenvalue weighted by molar-refractivity contribution is 7.51. The lowest BCUT2D eigenvalue weighted by atomic mass is 10.1. The lowest BCUT2D eigenvalue weighted by Gasteiger charge is -2.19. The average molecular weight is 336 g/mol. The van der Waals surface area contributed by atoms with Crippen molar-refractivity contribution in [3.8, 4) is 0 Å². The molecule has 0 bridgehead atoms. The number of hydrogen-bond acceptors (Lipinski definition) is 7. The summed E-state index contributed by atoms with van der Waals surface area (Å²) in [5.74, 6) is 0. The highest BCUT2D eigenvalue weighted by atomic mass is 31.2. The second kappa shape index (κ2) is 6.45. The molecule has 0 spiro atoms. The van der Waals surface area contributed by atoms with Gasteiger partial charge in [-0.3, -0.25) is 18.9 Å². The Balaban J connectivity index is 2.23. The molecular formula is C11H17N2O8P. The molecule has 1 unspecified atom stereocenters. The van der Waals surface area contributed by atoms with Gasteiger partial charge in [-0.1, -0.05) is 0 Å². The van der Waals surface area contributed by atoms with Gasteiger partial charge < -0.3 is 24.0 Å². The van der Waals surface area contributed by atoms with E-state index < -0.39 is 43.4 Å². The van der Waals surface area contributed by atoms with Crippen molar-refractivity contribution in [2.45, 2.75) is 24.5 Å². The van der Waals surface area contributed by atoms with Crippen molar-refractivity contribution >= 4 is 7.60 Å². The lowest BCUT2D eigenvalue weighted by molar-refractivity contribution is -0.0608. The third-order valence-electron chi connectivity index (χ3n) is 3.19. The van der Waals surface area contributed by atoms with Gasteiger partial charge in [-0.25, -0.2) is 4.79 Å². The maximum absolute atomic E-state index is 11.8. The van der Waals surface area contributed by atoms with Crippen molar-refractivity contribution < 1.29 is 28.6 Å². The van der Waals surface area contributed by atoms with Gasteiger partial charge >= 0.3 is 13.3 Å². The van der Waals surface area contributed by atoms with Crippen LogP contribution < -0.4 is 11.2 Å². The third kappa shape index (κ3) is 3.72. The van der Waals surface area contributed by atoms with Crippen LogP contribution in [-0.2, 0) is 18.6 Å². The Kier molecular flexibility index (Phi) is 5.00. The predicted octanol–water partition coefficient (Wildman–Crippen LogP) is -1.36. The van der Waals surface area contributed by atoms with E-state index in [1.807, 2.05) is 0 Å². The summed E-state index contributed by atoms with van der Waals surface area (Å²) in [6.45, 7) is 0.659. The Labute approximate surface area is 124 Å². The molecule has 5 atom stereocenters. The summed E-state index contributed by atoms with van der Waals surface area (Å²) in [5.41, 5.74) is -1.29. The molecule has 1 fully saturated rings. The fourth-order valence-electron chi connectivity index (χ4n) is 2.17. The molecule has 2 heterocycles. The van der Waals surface area contributed by atoms with Gasteiger partial charge in [-0.05, 0) is 0 Å². The lowest BCUT2D eigenvalue weighted by Crippen LogP contribution is -2.38. The van der Waals surface area contributed by atoms with E-state index >= 15 is 0 Å². The van der Waals surface area contributed by atoms with Crippen LogP contribution in [0.1, 0.15) is 6.23 Å². The standard InChI is InChI=1S/C11H17N2O8P/c1-19-9-8(15)6(5-20-22(2,17)18)21-10(9)13-4-3-7(14)12-11(13)16/h3-4,6,8-10,15H,5H2,1-2H3,(H,17,18)(H,12,14,16)/t6-,8-,9-,10-/m1/s1. The fraction of sp³-hybridized carbons (Fsp3) is 0.636. The number of nitrogens with zero attached hydrogens (tertiary/aromatic N) is 1. The summed E-state index contributed by atoms with van der Waals surface area (Å²) in [7, 11) is -2.41. The Morgan fingerprint density at radius 2 is 2.18 bits per heavy atom. The average Bonchev–Trinajstić information content (AvgIpc) is 2.72. The van der Waals surface area contributed by atoms with Crippen LogP contribution in [0.4, 0.5) is 0 Å². The number of ether oxygens (including phenoxy) is 2. The number of H-pyrrole nitrogens is 1. The zero-order chi connectivity index (χ0) is 16.5. The summed E-state index contributed by atoms with van der Waals surface area (Å²) in [6, 6.07) is 1.13. The van der Waals surface area contributed by atoms with Crippen molar-refractivity contribution in [2.24, 2.45) is 0 Å².